The topological polar surface area (TPSA) is 228 Å². The van der Waals surface area contributed by atoms with Gasteiger partial charge in [-0.15, -0.1) is 0 Å². The van der Waals surface area contributed by atoms with Crippen LogP contribution < -0.4 is 5.32 Å². The first-order chi connectivity index (χ1) is 36.1. The average Bonchev–Trinajstić information content (AvgIpc) is 3.40. The Morgan fingerprint density at radius 2 is 0.865 bits per heavy atom. The van der Waals surface area contributed by atoms with Crippen molar-refractivity contribution in [2.24, 2.45) is 0 Å². The number of unbranched alkanes of at least 4 members (excludes halogenated alkanes) is 31. The van der Waals surface area contributed by atoms with Crippen LogP contribution in [-0.4, -0.2) is 140 Å². The van der Waals surface area contributed by atoms with E-state index in [4.69, 9.17) is 18.9 Å². The van der Waals surface area contributed by atoms with Gasteiger partial charge in [0.05, 0.1) is 32.0 Å². The Balaban J connectivity index is 1.78. The van der Waals surface area contributed by atoms with Crippen molar-refractivity contribution in [1.82, 2.24) is 5.32 Å². The summed E-state index contributed by atoms with van der Waals surface area (Å²) in [5, 5.41) is 87.0. The molecule has 0 spiro atoms. The third kappa shape index (κ3) is 31.6. The number of hydrogen-bond donors (Lipinski definition) is 9. The number of nitrogens with one attached hydrogen (secondary N) is 1. The zero-order valence-corrected chi connectivity index (χ0v) is 46.6. The lowest BCUT2D eigenvalue weighted by Crippen LogP contribution is -2.65. The minimum Gasteiger partial charge on any atom is -0.394 e. The van der Waals surface area contributed by atoms with Crippen molar-refractivity contribution < 1.29 is 64.6 Å². The van der Waals surface area contributed by atoms with Crippen molar-refractivity contribution in [3.8, 4) is 0 Å². The molecular formula is C60H111NO13. The largest absolute Gasteiger partial charge is 0.394 e. The van der Waals surface area contributed by atoms with Crippen LogP contribution >= 0.6 is 0 Å². The second-order valence-electron chi connectivity index (χ2n) is 21.5. The van der Waals surface area contributed by atoms with E-state index in [-0.39, 0.29) is 18.9 Å². The molecule has 14 heteroatoms. The highest BCUT2D eigenvalue weighted by molar-refractivity contribution is 5.76. The zero-order valence-electron chi connectivity index (χ0n) is 46.6. The fourth-order valence-electron chi connectivity index (χ4n) is 9.91. The van der Waals surface area contributed by atoms with Crippen LogP contribution in [0.1, 0.15) is 245 Å². The average molecular weight is 1050 g/mol. The SMILES string of the molecule is CCCCCCCCCCCCCCCC/C=C/CC/C=C/CC/C=C/C(O)C(COC1OC(CO)C(OC2OC(CO)C(O)C(O)C2O)C(O)C1O)NC(=O)CCCCCCCCCCCCCCCCCC. The van der Waals surface area contributed by atoms with Crippen LogP contribution in [0.2, 0.25) is 0 Å². The second-order valence-corrected chi connectivity index (χ2v) is 21.5. The summed E-state index contributed by atoms with van der Waals surface area (Å²) in [6, 6.07) is -0.935. The van der Waals surface area contributed by atoms with E-state index in [0.717, 1.165) is 44.9 Å². The van der Waals surface area contributed by atoms with Crippen LogP contribution in [0.3, 0.4) is 0 Å². The van der Waals surface area contributed by atoms with Gasteiger partial charge in [0.1, 0.15) is 48.8 Å². The lowest BCUT2D eigenvalue weighted by atomic mass is 9.97. The first-order valence-corrected chi connectivity index (χ1v) is 30.2. The summed E-state index contributed by atoms with van der Waals surface area (Å²) in [4.78, 5) is 13.2. The molecule has 2 aliphatic heterocycles. The van der Waals surface area contributed by atoms with E-state index in [1.807, 2.05) is 6.08 Å². The molecule has 9 N–H and O–H groups in total. The zero-order chi connectivity index (χ0) is 53.9. The van der Waals surface area contributed by atoms with Gasteiger partial charge < -0.3 is 65.1 Å². The summed E-state index contributed by atoms with van der Waals surface area (Å²) in [7, 11) is 0. The van der Waals surface area contributed by atoms with Crippen molar-refractivity contribution in [3.05, 3.63) is 36.5 Å². The van der Waals surface area contributed by atoms with Gasteiger partial charge in [0.25, 0.3) is 0 Å². The Hall–Kier alpha value is -1.79. The molecular weight excluding hydrogens is 943 g/mol. The van der Waals surface area contributed by atoms with Crippen LogP contribution in [-0.2, 0) is 23.7 Å². The maximum atomic E-state index is 13.2. The van der Waals surface area contributed by atoms with Gasteiger partial charge in [-0.05, 0) is 44.9 Å². The number of rotatable bonds is 48. The van der Waals surface area contributed by atoms with Crippen LogP contribution in [0.5, 0.6) is 0 Å². The predicted octanol–water partition coefficient (Wildman–Crippen LogP) is 10.2. The van der Waals surface area contributed by atoms with E-state index < -0.39 is 86.8 Å². The number of allylic oxidation sites excluding steroid dienone is 5. The van der Waals surface area contributed by atoms with Gasteiger partial charge in [0.15, 0.2) is 12.6 Å². The fourth-order valence-corrected chi connectivity index (χ4v) is 9.91. The molecule has 2 heterocycles. The minimum atomic E-state index is -1.79. The summed E-state index contributed by atoms with van der Waals surface area (Å²) in [5.74, 6) is -0.251. The van der Waals surface area contributed by atoms with E-state index in [2.05, 4.69) is 43.5 Å². The van der Waals surface area contributed by atoms with Crippen molar-refractivity contribution in [2.75, 3.05) is 19.8 Å². The summed E-state index contributed by atoms with van der Waals surface area (Å²) in [6.45, 7) is 2.79. The van der Waals surface area contributed by atoms with Crippen LogP contribution in [0.4, 0.5) is 0 Å². The van der Waals surface area contributed by atoms with Crippen molar-refractivity contribution in [1.29, 1.82) is 0 Å². The monoisotopic (exact) mass is 1050 g/mol. The van der Waals surface area contributed by atoms with Gasteiger partial charge in [0.2, 0.25) is 5.91 Å². The lowest BCUT2D eigenvalue weighted by Gasteiger charge is -2.46. The number of aliphatic hydroxyl groups excluding tert-OH is 8. The first-order valence-electron chi connectivity index (χ1n) is 30.2. The molecule has 0 aromatic rings. The third-order valence-electron chi connectivity index (χ3n) is 14.8. The predicted molar refractivity (Wildman–Crippen MR) is 295 cm³/mol. The van der Waals surface area contributed by atoms with Crippen molar-refractivity contribution in [2.45, 2.75) is 319 Å². The molecule has 434 valence electrons. The molecule has 12 unspecified atom stereocenters. The van der Waals surface area contributed by atoms with Gasteiger partial charge in [-0.3, -0.25) is 4.79 Å². The van der Waals surface area contributed by atoms with Crippen LogP contribution in [0.25, 0.3) is 0 Å². The molecule has 0 aliphatic carbocycles. The van der Waals surface area contributed by atoms with Gasteiger partial charge in [0, 0.05) is 6.42 Å². The molecule has 0 aromatic heterocycles. The van der Waals surface area contributed by atoms with Crippen molar-refractivity contribution >= 4 is 5.91 Å². The van der Waals surface area contributed by atoms with Gasteiger partial charge in [-0.25, -0.2) is 0 Å². The highest BCUT2D eigenvalue weighted by Gasteiger charge is 2.51. The van der Waals surface area contributed by atoms with E-state index in [1.54, 1.807) is 6.08 Å². The Bertz CT molecular complexity index is 1380. The lowest BCUT2D eigenvalue weighted by molar-refractivity contribution is -0.359. The standard InChI is InChI=1S/C60H111NO13/c1-3-5-7-9-11-13-15-17-19-21-22-23-24-25-26-27-28-29-31-33-35-37-39-41-43-49(64)48(61-52(65)44-42-40-38-36-34-32-30-20-18-16-14-12-10-8-6-4-2)47-71-59-57(70)55(68)58(51(46-63)73-59)74-60-56(69)54(67)53(66)50(45-62)72-60/h27-28,33,35,41,43,48-51,53-60,62-64,66-70H,3-26,29-32,34,36-40,42,44-47H2,1-2H3,(H,61,65)/b28-27+,35-33+,43-41+. The van der Waals surface area contributed by atoms with E-state index in [1.165, 1.54) is 167 Å². The summed E-state index contributed by atoms with van der Waals surface area (Å²) >= 11 is 0. The molecule has 1 amide bonds. The molecule has 14 nitrogen and oxygen atoms in total. The Morgan fingerprint density at radius 3 is 1.32 bits per heavy atom. The molecule has 12 atom stereocenters. The van der Waals surface area contributed by atoms with Crippen LogP contribution in [0.15, 0.2) is 36.5 Å². The number of carbonyl (C=O) groups is 1. The van der Waals surface area contributed by atoms with Gasteiger partial charge in [-0.1, -0.05) is 230 Å². The Labute approximate surface area is 449 Å². The highest BCUT2D eigenvalue weighted by Crippen LogP contribution is 2.30. The Kier molecular flexibility index (Phi) is 42.6. The molecule has 0 bridgehead atoms. The van der Waals surface area contributed by atoms with E-state index in [9.17, 15) is 45.6 Å². The molecule has 2 fully saturated rings. The number of aliphatic hydroxyl groups is 8. The molecule has 2 saturated heterocycles. The smallest absolute Gasteiger partial charge is 0.220 e. The third-order valence-corrected chi connectivity index (χ3v) is 14.8. The minimum absolute atomic E-state index is 0.251. The fraction of sp³-hybridized carbons (Fsp3) is 0.883. The summed E-state index contributed by atoms with van der Waals surface area (Å²) in [6.07, 6.45) is 39.0. The molecule has 0 aromatic carbocycles. The second kappa shape index (κ2) is 46.2. The number of amides is 1. The Morgan fingerprint density at radius 1 is 0.473 bits per heavy atom. The number of carbonyl (C=O) groups excluding carboxylic acids is 1. The molecule has 2 rings (SSSR count). The summed E-state index contributed by atoms with van der Waals surface area (Å²) < 4.78 is 22.8. The van der Waals surface area contributed by atoms with E-state index in [0.29, 0.717) is 12.8 Å². The molecule has 0 saturated carbocycles. The van der Waals surface area contributed by atoms with Gasteiger partial charge in [-0.2, -0.15) is 0 Å². The number of ether oxygens (including phenoxy) is 4. The maximum absolute atomic E-state index is 13.2. The van der Waals surface area contributed by atoms with Crippen molar-refractivity contribution in [3.63, 3.8) is 0 Å². The maximum Gasteiger partial charge on any atom is 0.220 e. The van der Waals surface area contributed by atoms with Gasteiger partial charge >= 0.3 is 0 Å². The summed E-state index contributed by atoms with van der Waals surface area (Å²) in [5.41, 5.74) is 0. The van der Waals surface area contributed by atoms with Crippen LogP contribution in [0, 0.1) is 0 Å². The quantitative estimate of drug-likeness (QED) is 0.0204. The normalized spacial score (nSPS) is 25.4. The molecule has 74 heavy (non-hydrogen) atoms. The molecule has 2 aliphatic rings. The molecule has 0 radical (unpaired) electrons. The first kappa shape index (κ1) is 68.3. The highest BCUT2D eigenvalue weighted by atomic mass is 16.7. The van der Waals surface area contributed by atoms with E-state index >= 15 is 0 Å². The number of hydrogen-bond acceptors (Lipinski definition) is 13.